The fourth-order valence-electron chi connectivity index (χ4n) is 2.92. The fourth-order valence-corrected chi connectivity index (χ4v) is 3.21. The van der Waals surface area contributed by atoms with E-state index in [1.807, 2.05) is 12.1 Å². The standard InChI is InChI=1S/C16H22ClNO3/c17-13-10-16-15(20-7-8-21-16)9-12(13)14(18)5-4-11-3-1-2-6-19-11/h9-11,14H,1-8,18H2. The summed E-state index contributed by atoms with van der Waals surface area (Å²) >= 11 is 6.33. The molecular formula is C16H22ClNO3. The summed E-state index contributed by atoms with van der Waals surface area (Å²) < 4.78 is 16.9. The maximum Gasteiger partial charge on any atom is 0.162 e. The Labute approximate surface area is 130 Å². The molecule has 21 heavy (non-hydrogen) atoms. The number of rotatable bonds is 4. The highest BCUT2D eigenvalue weighted by molar-refractivity contribution is 6.31. The van der Waals surface area contributed by atoms with E-state index in [1.165, 1.54) is 12.8 Å². The molecule has 2 aliphatic heterocycles. The fraction of sp³-hybridized carbons (Fsp3) is 0.625. The summed E-state index contributed by atoms with van der Waals surface area (Å²) in [7, 11) is 0. The molecule has 0 radical (unpaired) electrons. The molecule has 116 valence electrons. The second-order valence-electron chi connectivity index (χ2n) is 5.69. The van der Waals surface area contributed by atoms with Gasteiger partial charge in [-0.25, -0.2) is 0 Å². The van der Waals surface area contributed by atoms with E-state index in [9.17, 15) is 0 Å². The van der Waals surface area contributed by atoms with Crippen LogP contribution in [0.25, 0.3) is 0 Å². The van der Waals surface area contributed by atoms with E-state index in [4.69, 9.17) is 31.5 Å². The molecule has 3 rings (SSSR count). The van der Waals surface area contributed by atoms with Crippen LogP contribution in [0.3, 0.4) is 0 Å². The second kappa shape index (κ2) is 6.86. The lowest BCUT2D eigenvalue weighted by atomic mass is 9.97. The van der Waals surface area contributed by atoms with Crippen molar-refractivity contribution < 1.29 is 14.2 Å². The van der Waals surface area contributed by atoms with Gasteiger partial charge in [-0.3, -0.25) is 0 Å². The zero-order valence-corrected chi connectivity index (χ0v) is 12.9. The smallest absolute Gasteiger partial charge is 0.162 e. The minimum Gasteiger partial charge on any atom is -0.486 e. The van der Waals surface area contributed by atoms with Crippen LogP contribution in [-0.4, -0.2) is 25.9 Å². The normalized spacial score (nSPS) is 22.9. The molecule has 2 atom stereocenters. The highest BCUT2D eigenvalue weighted by atomic mass is 35.5. The van der Waals surface area contributed by atoms with Crippen molar-refractivity contribution >= 4 is 11.6 Å². The number of nitrogens with two attached hydrogens (primary N) is 1. The molecule has 5 heteroatoms. The molecule has 0 spiro atoms. The monoisotopic (exact) mass is 311 g/mol. The van der Waals surface area contributed by atoms with Gasteiger partial charge in [0.1, 0.15) is 13.2 Å². The third kappa shape index (κ3) is 3.62. The Morgan fingerprint density at radius 3 is 2.62 bits per heavy atom. The van der Waals surface area contributed by atoms with Gasteiger partial charge in [-0.15, -0.1) is 0 Å². The molecule has 1 fully saturated rings. The van der Waals surface area contributed by atoms with Crippen molar-refractivity contribution in [2.45, 2.75) is 44.2 Å². The molecular weight excluding hydrogens is 290 g/mol. The van der Waals surface area contributed by atoms with Crippen LogP contribution in [0.4, 0.5) is 0 Å². The van der Waals surface area contributed by atoms with Crippen molar-refractivity contribution in [2.75, 3.05) is 19.8 Å². The van der Waals surface area contributed by atoms with E-state index in [1.54, 1.807) is 0 Å². The van der Waals surface area contributed by atoms with Crippen molar-refractivity contribution in [3.8, 4) is 11.5 Å². The van der Waals surface area contributed by atoms with Gasteiger partial charge in [0.25, 0.3) is 0 Å². The average Bonchev–Trinajstić information content (AvgIpc) is 2.53. The molecule has 1 aromatic carbocycles. The number of ether oxygens (including phenoxy) is 3. The molecule has 0 amide bonds. The van der Waals surface area contributed by atoms with E-state index >= 15 is 0 Å². The summed E-state index contributed by atoms with van der Waals surface area (Å²) in [4.78, 5) is 0. The number of hydrogen-bond acceptors (Lipinski definition) is 4. The van der Waals surface area contributed by atoms with Gasteiger partial charge in [0.2, 0.25) is 0 Å². The van der Waals surface area contributed by atoms with Crippen LogP contribution in [0.5, 0.6) is 11.5 Å². The third-order valence-corrected chi connectivity index (χ3v) is 4.46. The van der Waals surface area contributed by atoms with Gasteiger partial charge in [-0.05, 0) is 43.7 Å². The summed E-state index contributed by atoms with van der Waals surface area (Å²) in [5.74, 6) is 1.45. The first-order valence-corrected chi connectivity index (χ1v) is 8.08. The van der Waals surface area contributed by atoms with E-state index in [2.05, 4.69) is 0 Å². The van der Waals surface area contributed by atoms with Crippen molar-refractivity contribution in [2.24, 2.45) is 5.73 Å². The minimum atomic E-state index is -0.0983. The Morgan fingerprint density at radius 2 is 1.90 bits per heavy atom. The van der Waals surface area contributed by atoms with Crippen LogP contribution in [0.15, 0.2) is 12.1 Å². The predicted molar refractivity (Wildman–Crippen MR) is 82.2 cm³/mol. The summed E-state index contributed by atoms with van der Waals surface area (Å²) in [6.45, 7) is 2.01. The van der Waals surface area contributed by atoms with Gasteiger partial charge < -0.3 is 19.9 Å². The van der Waals surface area contributed by atoms with Crippen LogP contribution < -0.4 is 15.2 Å². The molecule has 0 aliphatic carbocycles. The predicted octanol–water partition coefficient (Wildman–Crippen LogP) is 3.46. The summed E-state index contributed by atoms with van der Waals surface area (Å²) in [6, 6.07) is 3.63. The maximum atomic E-state index is 6.33. The highest BCUT2D eigenvalue weighted by Gasteiger charge is 2.20. The van der Waals surface area contributed by atoms with Gasteiger partial charge >= 0.3 is 0 Å². The molecule has 2 heterocycles. The molecule has 0 bridgehead atoms. The van der Waals surface area contributed by atoms with Crippen molar-refractivity contribution in [3.05, 3.63) is 22.7 Å². The molecule has 2 unspecified atom stereocenters. The Morgan fingerprint density at radius 1 is 1.14 bits per heavy atom. The van der Waals surface area contributed by atoms with Crippen molar-refractivity contribution in [1.82, 2.24) is 0 Å². The Kier molecular flexibility index (Phi) is 4.88. The van der Waals surface area contributed by atoms with Crippen LogP contribution in [-0.2, 0) is 4.74 Å². The zero-order valence-electron chi connectivity index (χ0n) is 12.1. The zero-order chi connectivity index (χ0) is 14.7. The first kappa shape index (κ1) is 14.9. The van der Waals surface area contributed by atoms with Crippen molar-refractivity contribution in [1.29, 1.82) is 0 Å². The number of fused-ring (bicyclic) bond motifs is 1. The summed E-state index contributed by atoms with van der Waals surface area (Å²) in [5, 5.41) is 0.649. The lowest BCUT2D eigenvalue weighted by Crippen LogP contribution is -2.22. The lowest BCUT2D eigenvalue weighted by Gasteiger charge is -2.25. The number of halogens is 1. The summed E-state index contributed by atoms with van der Waals surface area (Å²) in [6.07, 6.45) is 5.76. The van der Waals surface area contributed by atoms with E-state index < -0.39 is 0 Å². The van der Waals surface area contributed by atoms with Gasteiger partial charge in [0.05, 0.1) is 6.10 Å². The van der Waals surface area contributed by atoms with Crippen LogP contribution >= 0.6 is 11.6 Å². The van der Waals surface area contributed by atoms with Gasteiger partial charge in [-0.1, -0.05) is 11.6 Å². The number of hydrogen-bond donors (Lipinski definition) is 1. The molecule has 2 aliphatic rings. The Bertz CT molecular complexity index is 489. The molecule has 4 nitrogen and oxygen atoms in total. The van der Waals surface area contributed by atoms with E-state index in [-0.39, 0.29) is 6.04 Å². The lowest BCUT2D eigenvalue weighted by molar-refractivity contribution is 0.00912. The first-order valence-electron chi connectivity index (χ1n) is 7.70. The van der Waals surface area contributed by atoms with Gasteiger partial charge in [0, 0.05) is 23.7 Å². The van der Waals surface area contributed by atoms with Gasteiger partial charge in [0.15, 0.2) is 11.5 Å². The quantitative estimate of drug-likeness (QED) is 0.925. The largest absolute Gasteiger partial charge is 0.486 e. The first-order chi connectivity index (χ1) is 10.2. The topological polar surface area (TPSA) is 53.7 Å². The molecule has 0 aromatic heterocycles. The highest BCUT2D eigenvalue weighted by Crippen LogP contribution is 2.38. The molecule has 0 saturated carbocycles. The Hall–Kier alpha value is -0.970. The van der Waals surface area contributed by atoms with E-state index in [0.29, 0.717) is 30.1 Å². The summed E-state index contributed by atoms with van der Waals surface area (Å²) in [5.41, 5.74) is 7.24. The van der Waals surface area contributed by atoms with Crippen LogP contribution in [0.2, 0.25) is 5.02 Å². The van der Waals surface area contributed by atoms with Crippen molar-refractivity contribution in [3.63, 3.8) is 0 Å². The Balaban J connectivity index is 1.64. The minimum absolute atomic E-state index is 0.0983. The molecule has 2 N–H and O–H groups in total. The molecule has 1 saturated heterocycles. The van der Waals surface area contributed by atoms with Crippen LogP contribution in [0.1, 0.15) is 43.7 Å². The van der Waals surface area contributed by atoms with E-state index in [0.717, 1.165) is 37.2 Å². The maximum absolute atomic E-state index is 6.33. The third-order valence-electron chi connectivity index (χ3n) is 4.13. The number of benzene rings is 1. The second-order valence-corrected chi connectivity index (χ2v) is 6.10. The SMILES string of the molecule is NC(CCC1CCCCO1)c1cc2c(cc1Cl)OCCO2. The van der Waals surface area contributed by atoms with Gasteiger partial charge in [-0.2, -0.15) is 0 Å². The average molecular weight is 312 g/mol. The van der Waals surface area contributed by atoms with Crippen LogP contribution in [0, 0.1) is 0 Å². The molecule has 1 aromatic rings.